The fourth-order valence-electron chi connectivity index (χ4n) is 2.30. The number of morpholine rings is 1. The first-order chi connectivity index (χ1) is 8.18. The average Bonchev–Trinajstić information content (AvgIpc) is 2.39. The van der Waals surface area contributed by atoms with Crippen molar-refractivity contribution in [2.75, 3.05) is 26.2 Å². The Bertz CT molecular complexity index is 302. The average molecular weight is 241 g/mol. The number of carbonyl (C=O) groups is 2. The second kappa shape index (κ2) is 5.46. The van der Waals surface area contributed by atoms with Crippen LogP contribution in [0.15, 0.2) is 0 Å². The van der Waals surface area contributed by atoms with Gasteiger partial charge in [0.1, 0.15) is 0 Å². The third-order valence-electron chi connectivity index (χ3n) is 3.30. The molecule has 2 aliphatic heterocycles. The highest BCUT2D eigenvalue weighted by Crippen LogP contribution is 2.12. The lowest BCUT2D eigenvalue weighted by Gasteiger charge is -2.35. The van der Waals surface area contributed by atoms with Crippen molar-refractivity contribution in [2.24, 2.45) is 5.73 Å². The highest BCUT2D eigenvalue weighted by molar-refractivity contribution is 5.84. The number of nitrogens with two attached hydrogens (primary N) is 1. The Labute approximate surface area is 100 Å². The minimum atomic E-state index is -0.656. The van der Waals surface area contributed by atoms with Gasteiger partial charge in [-0.3, -0.25) is 9.59 Å². The van der Waals surface area contributed by atoms with Crippen LogP contribution < -0.4 is 11.1 Å². The molecular weight excluding hydrogens is 222 g/mol. The molecule has 3 N–H and O–H groups in total. The predicted molar refractivity (Wildman–Crippen MR) is 61.2 cm³/mol. The smallest absolute Gasteiger partial charge is 0.248 e. The molecule has 2 amide bonds. The van der Waals surface area contributed by atoms with Crippen molar-refractivity contribution in [1.82, 2.24) is 10.2 Å². The molecule has 2 aliphatic rings. The van der Waals surface area contributed by atoms with Gasteiger partial charge in [-0.2, -0.15) is 0 Å². The first-order valence-electron chi connectivity index (χ1n) is 6.11. The fourth-order valence-corrected chi connectivity index (χ4v) is 2.30. The van der Waals surface area contributed by atoms with Gasteiger partial charge >= 0.3 is 0 Å². The maximum Gasteiger partial charge on any atom is 0.248 e. The van der Waals surface area contributed by atoms with E-state index < -0.39 is 12.0 Å². The van der Waals surface area contributed by atoms with Crippen molar-refractivity contribution >= 4 is 11.8 Å². The lowest BCUT2D eigenvalue weighted by molar-refractivity contribution is -0.147. The summed E-state index contributed by atoms with van der Waals surface area (Å²) in [5.74, 6) is -0.432. The van der Waals surface area contributed by atoms with E-state index in [0.717, 1.165) is 25.8 Å². The zero-order chi connectivity index (χ0) is 12.3. The molecule has 6 heteroatoms. The van der Waals surface area contributed by atoms with Crippen LogP contribution >= 0.6 is 0 Å². The van der Waals surface area contributed by atoms with E-state index in [1.807, 2.05) is 0 Å². The molecule has 0 unspecified atom stereocenters. The Morgan fingerprint density at radius 1 is 1.35 bits per heavy atom. The second-order valence-electron chi connectivity index (χ2n) is 4.55. The van der Waals surface area contributed by atoms with Gasteiger partial charge in [-0.25, -0.2) is 0 Å². The highest BCUT2D eigenvalue weighted by Gasteiger charge is 2.31. The third kappa shape index (κ3) is 2.95. The Morgan fingerprint density at radius 2 is 2.18 bits per heavy atom. The summed E-state index contributed by atoms with van der Waals surface area (Å²) in [5.41, 5.74) is 5.19. The summed E-state index contributed by atoms with van der Waals surface area (Å²) in [4.78, 5) is 24.9. The minimum Gasteiger partial charge on any atom is -0.367 e. The molecule has 0 bridgehead atoms. The summed E-state index contributed by atoms with van der Waals surface area (Å²) < 4.78 is 5.22. The van der Waals surface area contributed by atoms with Gasteiger partial charge in [0.25, 0.3) is 0 Å². The topological polar surface area (TPSA) is 84.7 Å². The van der Waals surface area contributed by atoms with Crippen LogP contribution in [-0.2, 0) is 14.3 Å². The SMILES string of the molecule is NC(=O)[C@@H]1CN(C(=O)[C@@H]2CCCCN2)CCO1. The highest BCUT2D eigenvalue weighted by atomic mass is 16.5. The van der Waals surface area contributed by atoms with Gasteiger partial charge in [0.05, 0.1) is 19.2 Å². The number of hydrogen-bond acceptors (Lipinski definition) is 4. The van der Waals surface area contributed by atoms with Crippen molar-refractivity contribution in [3.63, 3.8) is 0 Å². The molecule has 0 aromatic heterocycles. The number of ether oxygens (including phenoxy) is 1. The van der Waals surface area contributed by atoms with Crippen LogP contribution in [0, 0.1) is 0 Å². The Kier molecular flexibility index (Phi) is 3.96. The number of primary amides is 1. The number of carbonyl (C=O) groups excluding carboxylic acids is 2. The summed E-state index contributed by atoms with van der Waals surface area (Å²) in [6.07, 6.45) is 2.41. The van der Waals surface area contributed by atoms with Gasteiger partial charge in [-0.1, -0.05) is 6.42 Å². The number of piperidine rings is 1. The maximum absolute atomic E-state index is 12.2. The van der Waals surface area contributed by atoms with Crippen LogP contribution in [0.5, 0.6) is 0 Å². The van der Waals surface area contributed by atoms with E-state index in [9.17, 15) is 9.59 Å². The summed E-state index contributed by atoms with van der Waals surface area (Å²) in [5, 5.41) is 3.21. The molecule has 17 heavy (non-hydrogen) atoms. The third-order valence-corrected chi connectivity index (χ3v) is 3.30. The van der Waals surface area contributed by atoms with Gasteiger partial charge in [0.15, 0.2) is 6.10 Å². The van der Waals surface area contributed by atoms with E-state index in [2.05, 4.69) is 5.32 Å². The summed E-state index contributed by atoms with van der Waals surface area (Å²) in [7, 11) is 0. The standard InChI is InChI=1S/C11H19N3O3/c12-10(15)9-7-14(5-6-17-9)11(16)8-3-1-2-4-13-8/h8-9,13H,1-7H2,(H2,12,15)/t8-,9-/m0/s1. The van der Waals surface area contributed by atoms with Crippen LogP contribution in [0.25, 0.3) is 0 Å². The van der Waals surface area contributed by atoms with Gasteiger partial charge in [-0.05, 0) is 19.4 Å². The first-order valence-corrected chi connectivity index (χ1v) is 6.11. The van der Waals surface area contributed by atoms with Gasteiger partial charge in [0, 0.05) is 6.54 Å². The number of nitrogens with one attached hydrogen (secondary N) is 1. The first kappa shape index (κ1) is 12.3. The van der Waals surface area contributed by atoms with Crippen molar-refractivity contribution in [1.29, 1.82) is 0 Å². The van der Waals surface area contributed by atoms with Crippen molar-refractivity contribution in [3.8, 4) is 0 Å². The second-order valence-corrected chi connectivity index (χ2v) is 4.55. The quantitative estimate of drug-likeness (QED) is 0.639. The van der Waals surface area contributed by atoms with Crippen molar-refractivity contribution in [2.45, 2.75) is 31.4 Å². The molecule has 2 saturated heterocycles. The molecule has 2 fully saturated rings. The van der Waals surface area contributed by atoms with Gasteiger partial charge < -0.3 is 20.7 Å². The van der Waals surface area contributed by atoms with E-state index in [4.69, 9.17) is 10.5 Å². The lowest BCUT2D eigenvalue weighted by atomic mass is 10.0. The van der Waals surface area contributed by atoms with Crippen LogP contribution in [0.1, 0.15) is 19.3 Å². The molecule has 0 aliphatic carbocycles. The number of amides is 2. The molecule has 2 rings (SSSR count). The van der Waals surface area contributed by atoms with Crippen LogP contribution in [-0.4, -0.2) is 55.1 Å². The molecule has 0 spiro atoms. The molecule has 0 aromatic carbocycles. The maximum atomic E-state index is 12.2. The van der Waals surface area contributed by atoms with E-state index in [1.165, 1.54) is 0 Å². The van der Waals surface area contributed by atoms with Crippen LogP contribution in [0.4, 0.5) is 0 Å². The van der Waals surface area contributed by atoms with Crippen LogP contribution in [0.2, 0.25) is 0 Å². The summed E-state index contributed by atoms with van der Waals surface area (Å²) in [6.45, 7) is 2.10. The number of hydrogen-bond donors (Lipinski definition) is 2. The summed E-state index contributed by atoms with van der Waals surface area (Å²) >= 11 is 0. The van der Waals surface area contributed by atoms with E-state index in [-0.39, 0.29) is 18.5 Å². The predicted octanol–water partition coefficient (Wildman–Crippen LogP) is -1.16. The molecule has 96 valence electrons. The fraction of sp³-hybridized carbons (Fsp3) is 0.818. The molecule has 0 saturated carbocycles. The Balaban J connectivity index is 1.91. The van der Waals surface area contributed by atoms with Gasteiger partial charge in [-0.15, -0.1) is 0 Å². The summed E-state index contributed by atoms with van der Waals surface area (Å²) in [6, 6.07) is -0.102. The zero-order valence-electron chi connectivity index (χ0n) is 9.85. The largest absolute Gasteiger partial charge is 0.367 e. The molecule has 2 heterocycles. The number of rotatable bonds is 2. The van der Waals surface area contributed by atoms with Crippen molar-refractivity contribution < 1.29 is 14.3 Å². The van der Waals surface area contributed by atoms with Crippen LogP contribution in [0.3, 0.4) is 0 Å². The minimum absolute atomic E-state index is 0.0688. The van der Waals surface area contributed by atoms with E-state index >= 15 is 0 Å². The van der Waals surface area contributed by atoms with Gasteiger partial charge in [0.2, 0.25) is 11.8 Å². The lowest BCUT2D eigenvalue weighted by Crippen LogP contribution is -2.55. The Morgan fingerprint density at radius 3 is 2.82 bits per heavy atom. The number of nitrogens with zero attached hydrogens (tertiary/aromatic N) is 1. The van der Waals surface area contributed by atoms with E-state index in [0.29, 0.717) is 13.2 Å². The molecular formula is C11H19N3O3. The van der Waals surface area contributed by atoms with Crippen molar-refractivity contribution in [3.05, 3.63) is 0 Å². The molecule has 0 aromatic rings. The normalized spacial score (nSPS) is 30.0. The zero-order valence-corrected chi connectivity index (χ0v) is 9.85. The van der Waals surface area contributed by atoms with E-state index in [1.54, 1.807) is 4.90 Å². The molecule has 6 nitrogen and oxygen atoms in total. The molecule has 2 atom stereocenters. The monoisotopic (exact) mass is 241 g/mol. The molecule has 0 radical (unpaired) electrons. The Hall–Kier alpha value is -1.14.